The van der Waals surface area contributed by atoms with Crippen molar-refractivity contribution in [1.29, 1.82) is 0 Å². The van der Waals surface area contributed by atoms with Gasteiger partial charge in [0.15, 0.2) is 0 Å². The molecule has 1 atom stereocenters. The van der Waals surface area contributed by atoms with E-state index in [1.54, 1.807) is 11.0 Å². The number of likely N-dealkylation sites (tertiary alicyclic amines) is 1. The van der Waals surface area contributed by atoms with Crippen LogP contribution in [0.15, 0.2) is 48.5 Å². The van der Waals surface area contributed by atoms with Crippen molar-refractivity contribution in [3.8, 4) is 0 Å². The molecule has 2 fully saturated rings. The number of hydrogen-bond acceptors (Lipinski definition) is 3. The molecular formula is C28H34F3N3O2. The highest BCUT2D eigenvalue weighted by atomic mass is 19.3. The van der Waals surface area contributed by atoms with Gasteiger partial charge >= 0.3 is 0 Å². The molecule has 2 aliphatic rings. The largest absolute Gasteiger partial charge is 0.351 e. The number of anilines is 1. The summed E-state index contributed by atoms with van der Waals surface area (Å²) in [5.74, 6) is -4.01. The number of alkyl halides is 2. The van der Waals surface area contributed by atoms with E-state index >= 15 is 0 Å². The fourth-order valence-electron chi connectivity index (χ4n) is 5.19. The van der Waals surface area contributed by atoms with Crippen LogP contribution in [0.1, 0.15) is 62.1 Å². The molecule has 1 aliphatic heterocycles. The number of carbonyl (C=O) groups is 2. The number of nitrogens with zero attached hydrogens (tertiary/aromatic N) is 2. The average Bonchev–Trinajstić information content (AvgIpc) is 2.85. The summed E-state index contributed by atoms with van der Waals surface area (Å²) in [6, 6.07) is 12.0. The van der Waals surface area contributed by atoms with E-state index < -0.39 is 23.7 Å². The zero-order valence-corrected chi connectivity index (χ0v) is 20.7. The van der Waals surface area contributed by atoms with Gasteiger partial charge in [0.25, 0.3) is 5.92 Å². The molecule has 1 unspecified atom stereocenters. The van der Waals surface area contributed by atoms with E-state index in [0.717, 1.165) is 37.7 Å². The third kappa shape index (κ3) is 6.46. The summed E-state index contributed by atoms with van der Waals surface area (Å²) in [7, 11) is 0. The second kappa shape index (κ2) is 11.5. The fraction of sp³-hybridized carbons (Fsp3) is 0.500. The minimum absolute atomic E-state index is 0.0200. The molecule has 2 aromatic rings. The lowest BCUT2D eigenvalue weighted by molar-refractivity contribution is -0.128. The molecule has 2 aromatic carbocycles. The standard InChI is InChI=1S/C28H34F3N3O2/c1-20-8-5-6-13-24(20)26(27(36)32-22-10-3-2-4-11-22)34(23-12-7-9-21(29)18-23)25(35)19-33-16-14-28(30,31)15-17-33/h5-9,12-13,18,22,26H,2-4,10-11,14-17,19H2,1H3,(H,32,36). The summed E-state index contributed by atoms with van der Waals surface area (Å²) >= 11 is 0. The van der Waals surface area contributed by atoms with E-state index in [-0.39, 0.29) is 50.1 Å². The minimum Gasteiger partial charge on any atom is -0.351 e. The summed E-state index contributed by atoms with van der Waals surface area (Å²) in [6.45, 7) is 1.90. The Kier molecular flexibility index (Phi) is 8.34. The molecule has 4 rings (SSSR count). The van der Waals surface area contributed by atoms with Crippen molar-refractivity contribution in [2.45, 2.75) is 69.9 Å². The molecule has 1 N–H and O–H groups in total. The molecular weight excluding hydrogens is 467 g/mol. The normalized spacial score (nSPS) is 19.4. The van der Waals surface area contributed by atoms with Crippen LogP contribution in [-0.2, 0) is 9.59 Å². The minimum atomic E-state index is -2.73. The molecule has 2 amide bonds. The number of piperidine rings is 1. The van der Waals surface area contributed by atoms with E-state index in [0.29, 0.717) is 5.56 Å². The van der Waals surface area contributed by atoms with Crippen molar-refractivity contribution in [2.75, 3.05) is 24.5 Å². The smallest absolute Gasteiger partial charge is 0.250 e. The first kappa shape index (κ1) is 26.2. The Morgan fingerprint density at radius 3 is 2.42 bits per heavy atom. The van der Waals surface area contributed by atoms with Gasteiger partial charge in [0.2, 0.25) is 11.8 Å². The average molecular weight is 502 g/mol. The highest BCUT2D eigenvalue weighted by molar-refractivity contribution is 6.02. The summed E-state index contributed by atoms with van der Waals surface area (Å²) in [6.07, 6.45) is 4.33. The molecule has 194 valence electrons. The van der Waals surface area contributed by atoms with E-state index in [1.165, 1.54) is 23.1 Å². The molecule has 1 heterocycles. The molecule has 0 radical (unpaired) electrons. The topological polar surface area (TPSA) is 52.7 Å². The number of nitrogens with one attached hydrogen (secondary N) is 1. The quantitative estimate of drug-likeness (QED) is 0.554. The molecule has 5 nitrogen and oxygen atoms in total. The number of carbonyl (C=O) groups excluding carboxylic acids is 2. The molecule has 1 aliphatic carbocycles. The van der Waals surface area contributed by atoms with Crippen molar-refractivity contribution >= 4 is 17.5 Å². The van der Waals surface area contributed by atoms with Gasteiger partial charge in [-0.25, -0.2) is 13.2 Å². The van der Waals surface area contributed by atoms with E-state index in [1.807, 2.05) is 31.2 Å². The fourth-order valence-corrected chi connectivity index (χ4v) is 5.19. The number of aryl methyl sites for hydroxylation is 1. The molecule has 1 saturated heterocycles. The second-order valence-electron chi connectivity index (χ2n) is 9.98. The predicted molar refractivity (Wildman–Crippen MR) is 133 cm³/mol. The summed E-state index contributed by atoms with van der Waals surface area (Å²) in [4.78, 5) is 30.7. The number of benzene rings is 2. The maximum atomic E-state index is 14.3. The van der Waals surface area contributed by atoms with E-state index in [2.05, 4.69) is 5.32 Å². The number of hydrogen-bond donors (Lipinski definition) is 1. The Balaban J connectivity index is 1.69. The van der Waals surface area contributed by atoms with Gasteiger partial charge in [-0.1, -0.05) is 49.6 Å². The highest BCUT2D eigenvalue weighted by Gasteiger charge is 2.38. The third-order valence-corrected chi connectivity index (χ3v) is 7.24. The first-order valence-electron chi connectivity index (χ1n) is 12.8. The maximum Gasteiger partial charge on any atom is 0.250 e. The summed E-state index contributed by atoms with van der Waals surface area (Å²) in [5, 5.41) is 3.14. The first-order chi connectivity index (χ1) is 17.2. The van der Waals surface area contributed by atoms with Gasteiger partial charge in [-0.05, 0) is 49.1 Å². The lowest BCUT2D eigenvalue weighted by Gasteiger charge is -2.37. The van der Waals surface area contributed by atoms with Crippen molar-refractivity contribution in [3.05, 3.63) is 65.5 Å². The lowest BCUT2D eigenvalue weighted by Crippen LogP contribution is -2.51. The number of rotatable bonds is 7. The van der Waals surface area contributed by atoms with Crippen molar-refractivity contribution in [1.82, 2.24) is 10.2 Å². The van der Waals surface area contributed by atoms with Crippen LogP contribution >= 0.6 is 0 Å². The lowest BCUT2D eigenvalue weighted by atomic mass is 9.93. The van der Waals surface area contributed by atoms with E-state index in [4.69, 9.17) is 0 Å². The maximum absolute atomic E-state index is 14.3. The Labute approximate surface area is 210 Å². The second-order valence-corrected chi connectivity index (χ2v) is 9.98. The molecule has 0 bridgehead atoms. The van der Waals surface area contributed by atoms with Gasteiger partial charge < -0.3 is 5.32 Å². The van der Waals surface area contributed by atoms with Gasteiger partial charge in [-0.3, -0.25) is 19.4 Å². The van der Waals surface area contributed by atoms with Crippen LogP contribution in [0.5, 0.6) is 0 Å². The Bertz CT molecular complexity index is 1060. The SMILES string of the molecule is Cc1ccccc1C(C(=O)NC1CCCCC1)N(C(=O)CN1CCC(F)(F)CC1)c1cccc(F)c1. The highest BCUT2D eigenvalue weighted by Crippen LogP contribution is 2.32. The van der Waals surface area contributed by atoms with Crippen LogP contribution in [0.3, 0.4) is 0 Å². The Hall–Kier alpha value is -2.87. The van der Waals surface area contributed by atoms with Gasteiger partial charge in [0, 0.05) is 37.7 Å². The van der Waals surface area contributed by atoms with Crippen LogP contribution in [-0.4, -0.2) is 48.3 Å². The van der Waals surface area contributed by atoms with Gasteiger partial charge in [0.05, 0.1) is 6.54 Å². The Morgan fingerprint density at radius 1 is 1.06 bits per heavy atom. The van der Waals surface area contributed by atoms with E-state index in [9.17, 15) is 22.8 Å². The summed E-state index contributed by atoms with van der Waals surface area (Å²) in [5.41, 5.74) is 1.73. The predicted octanol–water partition coefficient (Wildman–Crippen LogP) is 5.39. The molecule has 0 aromatic heterocycles. The summed E-state index contributed by atoms with van der Waals surface area (Å²) < 4.78 is 41.7. The third-order valence-electron chi connectivity index (χ3n) is 7.24. The van der Waals surface area contributed by atoms with Gasteiger partial charge in [-0.2, -0.15) is 0 Å². The monoisotopic (exact) mass is 501 g/mol. The molecule has 1 saturated carbocycles. The van der Waals surface area contributed by atoms with Crippen LogP contribution < -0.4 is 10.2 Å². The van der Waals surface area contributed by atoms with Gasteiger partial charge in [-0.15, -0.1) is 0 Å². The van der Waals surface area contributed by atoms with Crippen molar-refractivity contribution in [3.63, 3.8) is 0 Å². The van der Waals surface area contributed by atoms with Crippen molar-refractivity contribution in [2.24, 2.45) is 0 Å². The van der Waals surface area contributed by atoms with Crippen LogP contribution in [0, 0.1) is 12.7 Å². The van der Waals surface area contributed by atoms with Crippen LogP contribution in [0.25, 0.3) is 0 Å². The zero-order valence-electron chi connectivity index (χ0n) is 20.7. The zero-order chi connectivity index (χ0) is 25.7. The molecule has 0 spiro atoms. The van der Waals surface area contributed by atoms with Crippen LogP contribution in [0.4, 0.5) is 18.9 Å². The molecule has 8 heteroatoms. The first-order valence-corrected chi connectivity index (χ1v) is 12.8. The van der Waals surface area contributed by atoms with Crippen LogP contribution in [0.2, 0.25) is 0 Å². The number of halogens is 3. The Morgan fingerprint density at radius 2 is 1.75 bits per heavy atom. The molecule has 36 heavy (non-hydrogen) atoms. The number of amides is 2. The van der Waals surface area contributed by atoms with Crippen molar-refractivity contribution < 1.29 is 22.8 Å². The van der Waals surface area contributed by atoms with Gasteiger partial charge in [0.1, 0.15) is 11.9 Å².